The standard InChI is InChI=1S/C19H30N2O3/c1-5-12-24-19(11-7-8-14(3)13-19)18(22)21-16-9-10-17(23-6-2)20-15(16)4/h9-10,14H,5-8,11-13H2,1-4H3,(H,21,22). The normalized spacial score (nSPS) is 23.8. The quantitative estimate of drug-likeness (QED) is 0.815. The SMILES string of the molecule is CCCOC1(C(=O)Nc2ccc(OCC)nc2C)CCCC(C)C1. The lowest BCUT2D eigenvalue weighted by molar-refractivity contribution is -0.148. The van der Waals surface area contributed by atoms with Crippen LogP contribution in [0.3, 0.4) is 0 Å². The Morgan fingerprint density at radius 2 is 2.21 bits per heavy atom. The van der Waals surface area contributed by atoms with Gasteiger partial charge in [0.15, 0.2) is 0 Å². The van der Waals surface area contributed by atoms with Gasteiger partial charge < -0.3 is 14.8 Å². The third-order valence-corrected chi connectivity index (χ3v) is 4.55. The fourth-order valence-corrected chi connectivity index (χ4v) is 3.34. The Hall–Kier alpha value is -1.62. The minimum Gasteiger partial charge on any atom is -0.478 e. The second kappa shape index (κ2) is 8.47. The van der Waals surface area contributed by atoms with Gasteiger partial charge >= 0.3 is 0 Å². The van der Waals surface area contributed by atoms with E-state index in [0.717, 1.165) is 43.5 Å². The van der Waals surface area contributed by atoms with E-state index >= 15 is 0 Å². The van der Waals surface area contributed by atoms with Crippen molar-refractivity contribution in [2.75, 3.05) is 18.5 Å². The van der Waals surface area contributed by atoms with Gasteiger partial charge in [-0.05, 0) is 51.5 Å². The van der Waals surface area contributed by atoms with Gasteiger partial charge in [-0.1, -0.05) is 20.3 Å². The lowest BCUT2D eigenvalue weighted by Gasteiger charge is -2.38. The average Bonchev–Trinajstić information content (AvgIpc) is 2.55. The van der Waals surface area contributed by atoms with E-state index in [1.807, 2.05) is 19.9 Å². The summed E-state index contributed by atoms with van der Waals surface area (Å²) in [7, 11) is 0. The fourth-order valence-electron chi connectivity index (χ4n) is 3.34. The zero-order valence-corrected chi connectivity index (χ0v) is 15.4. The number of pyridine rings is 1. The molecule has 1 fully saturated rings. The van der Waals surface area contributed by atoms with Gasteiger partial charge in [0.25, 0.3) is 5.91 Å². The number of aryl methyl sites for hydroxylation is 1. The van der Waals surface area contributed by atoms with Crippen molar-refractivity contribution in [1.29, 1.82) is 0 Å². The summed E-state index contributed by atoms with van der Waals surface area (Å²) >= 11 is 0. The second-order valence-electron chi connectivity index (χ2n) is 6.71. The van der Waals surface area contributed by atoms with Crippen LogP contribution >= 0.6 is 0 Å². The van der Waals surface area contributed by atoms with Crippen LogP contribution in [-0.2, 0) is 9.53 Å². The summed E-state index contributed by atoms with van der Waals surface area (Å²) in [4.78, 5) is 17.4. The van der Waals surface area contributed by atoms with Crippen LogP contribution in [0.15, 0.2) is 12.1 Å². The molecule has 1 aromatic rings. The molecule has 1 aliphatic carbocycles. The van der Waals surface area contributed by atoms with Gasteiger partial charge in [-0.25, -0.2) is 4.98 Å². The molecule has 134 valence electrons. The van der Waals surface area contributed by atoms with Crippen LogP contribution < -0.4 is 10.1 Å². The molecule has 24 heavy (non-hydrogen) atoms. The molecule has 2 unspecified atom stereocenters. The van der Waals surface area contributed by atoms with E-state index in [-0.39, 0.29) is 5.91 Å². The molecule has 0 bridgehead atoms. The summed E-state index contributed by atoms with van der Waals surface area (Å²) in [6.07, 6.45) is 4.66. The molecule has 0 saturated heterocycles. The summed E-state index contributed by atoms with van der Waals surface area (Å²) in [5.74, 6) is 1.04. The van der Waals surface area contributed by atoms with Crippen molar-refractivity contribution in [2.24, 2.45) is 5.92 Å². The van der Waals surface area contributed by atoms with Crippen molar-refractivity contribution in [3.8, 4) is 5.88 Å². The minimum atomic E-state index is -0.710. The smallest absolute Gasteiger partial charge is 0.256 e. The highest BCUT2D eigenvalue weighted by Crippen LogP contribution is 2.36. The summed E-state index contributed by atoms with van der Waals surface area (Å²) in [5.41, 5.74) is 0.767. The second-order valence-corrected chi connectivity index (χ2v) is 6.71. The number of rotatable bonds is 7. The summed E-state index contributed by atoms with van der Waals surface area (Å²) in [6, 6.07) is 3.64. The number of nitrogens with zero attached hydrogens (tertiary/aromatic N) is 1. The molecule has 2 atom stereocenters. The Balaban J connectivity index is 2.15. The Bertz CT molecular complexity index is 562. The lowest BCUT2D eigenvalue weighted by atomic mass is 9.78. The number of carbonyl (C=O) groups is 1. The molecule has 1 saturated carbocycles. The maximum atomic E-state index is 13.0. The number of ether oxygens (including phenoxy) is 2. The molecule has 1 heterocycles. The van der Waals surface area contributed by atoms with E-state index < -0.39 is 5.60 Å². The van der Waals surface area contributed by atoms with Crippen molar-refractivity contribution in [2.45, 2.75) is 65.4 Å². The number of aromatic nitrogens is 1. The molecule has 1 aliphatic rings. The molecule has 1 amide bonds. The number of anilines is 1. The fraction of sp³-hybridized carbons (Fsp3) is 0.684. The minimum absolute atomic E-state index is 0.0449. The van der Waals surface area contributed by atoms with Crippen molar-refractivity contribution in [3.63, 3.8) is 0 Å². The highest BCUT2D eigenvalue weighted by molar-refractivity contribution is 5.97. The highest BCUT2D eigenvalue weighted by atomic mass is 16.5. The highest BCUT2D eigenvalue weighted by Gasteiger charge is 2.42. The van der Waals surface area contributed by atoms with Crippen LogP contribution in [-0.4, -0.2) is 29.7 Å². The van der Waals surface area contributed by atoms with E-state index in [4.69, 9.17) is 9.47 Å². The molecule has 0 aromatic carbocycles. The Morgan fingerprint density at radius 1 is 1.42 bits per heavy atom. The predicted molar refractivity (Wildman–Crippen MR) is 95.4 cm³/mol. The van der Waals surface area contributed by atoms with E-state index in [2.05, 4.69) is 24.1 Å². The Morgan fingerprint density at radius 3 is 2.83 bits per heavy atom. The van der Waals surface area contributed by atoms with Crippen molar-refractivity contribution >= 4 is 11.6 Å². The predicted octanol–water partition coefficient (Wildman–Crippen LogP) is 4.10. The summed E-state index contributed by atoms with van der Waals surface area (Å²) in [5, 5.41) is 3.04. The van der Waals surface area contributed by atoms with Crippen LogP contribution in [0.4, 0.5) is 5.69 Å². The molecule has 0 radical (unpaired) electrons. The first-order chi connectivity index (χ1) is 11.5. The van der Waals surface area contributed by atoms with Crippen LogP contribution in [0.5, 0.6) is 5.88 Å². The summed E-state index contributed by atoms with van der Waals surface area (Å²) < 4.78 is 11.5. The number of amides is 1. The van der Waals surface area contributed by atoms with Gasteiger partial charge in [0.2, 0.25) is 5.88 Å². The van der Waals surface area contributed by atoms with E-state index in [0.29, 0.717) is 25.0 Å². The Kier molecular flexibility index (Phi) is 6.60. The van der Waals surface area contributed by atoms with Crippen LogP contribution in [0.1, 0.15) is 58.6 Å². The zero-order chi connectivity index (χ0) is 17.6. The topological polar surface area (TPSA) is 60.5 Å². The zero-order valence-electron chi connectivity index (χ0n) is 15.4. The first-order valence-corrected chi connectivity index (χ1v) is 9.06. The Labute approximate surface area is 145 Å². The molecular formula is C19H30N2O3. The molecule has 5 heteroatoms. The number of carbonyl (C=O) groups excluding carboxylic acids is 1. The third kappa shape index (κ3) is 4.47. The van der Waals surface area contributed by atoms with E-state index in [9.17, 15) is 4.79 Å². The van der Waals surface area contributed by atoms with Crippen molar-refractivity contribution in [1.82, 2.24) is 4.98 Å². The molecule has 0 spiro atoms. The van der Waals surface area contributed by atoms with Gasteiger partial charge in [-0.3, -0.25) is 4.79 Å². The number of hydrogen-bond acceptors (Lipinski definition) is 4. The van der Waals surface area contributed by atoms with E-state index in [1.165, 1.54) is 0 Å². The maximum Gasteiger partial charge on any atom is 0.256 e. The van der Waals surface area contributed by atoms with Crippen LogP contribution in [0, 0.1) is 12.8 Å². The number of nitrogens with one attached hydrogen (secondary N) is 1. The molecule has 5 nitrogen and oxygen atoms in total. The van der Waals surface area contributed by atoms with Gasteiger partial charge in [0.1, 0.15) is 5.60 Å². The lowest BCUT2D eigenvalue weighted by Crippen LogP contribution is -2.49. The molecule has 2 rings (SSSR count). The first kappa shape index (κ1) is 18.7. The van der Waals surface area contributed by atoms with E-state index in [1.54, 1.807) is 6.07 Å². The maximum absolute atomic E-state index is 13.0. The van der Waals surface area contributed by atoms with Gasteiger partial charge in [0.05, 0.1) is 18.0 Å². The van der Waals surface area contributed by atoms with Crippen LogP contribution in [0.2, 0.25) is 0 Å². The average molecular weight is 334 g/mol. The number of hydrogen-bond donors (Lipinski definition) is 1. The van der Waals surface area contributed by atoms with Gasteiger partial charge in [-0.2, -0.15) is 0 Å². The largest absolute Gasteiger partial charge is 0.478 e. The van der Waals surface area contributed by atoms with Crippen molar-refractivity contribution in [3.05, 3.63) is 17.8 Å². The molecule has 1 aromatic heterocycles. The monoisotopic (exact) mass is 334 g/mol. The van der Waals surface area contributed by atoms with Crippen LogP contribution in [0.25, 0.3) is 0 Å². The molecular weight excluding hydrogens is 304 g/mol. The first-order valence-electron chi connectivity index (χ1n) is 9.06. The molecule has 1 N–H and O–H groups in total. The molecule has 0 aliphatic heterocycles. The van der Waals surface area contributed by atoms with Gasteiger partial charge in [0, 0.05) is 12.7 Å². The third-order valence-electron chi connectivity index (χ3n) is 4.55. The summed E-state index contributed by atoms with van der Waals surface area (Å²) in [6.45, 7) is 9.25. The van der Waals surface area contributed by atoms with Crippen molar-refractivity contribution < 1.29 is 14.3 Å². The van der Waals surface area contributed by atoms with Gasteiger partial charge in [-0.15, -0.1) is 0 Å².